The molecule has 0 aliphatic carbocycles. The summed E-state index contributed by atoms with van der Waals surface area (Å²) in [7, 11) is 0. The predicted octanol–water partition coefficient (Wildman–Crippen LogP) is 4.80. The highest BCUT2D eigenvalue weighted by Gasteiger charge is 2.56. The zero-order valence-electron chi connectivity index (χ0n) is 17.2. The third kappa shape index (κ3) is 5.17. The van der Waals surface area contributed by atoms with Crippen molar-refractivity contribution in [2.45, 2.75) is 25.1 Å². The number of aliphatic hydroxyl groups is 1. The lowest BCUT2D eigenvalue weighted by molar-refractivity contribution is -0.323. The van der Waals surface area contributed by atoms with Crippen LogP contribution in [-0.2, 0) is 18.9 Å². The molecule has 1 aromatic heterocycles. The summed E-state index contributed by atoms with van der Waals surface area (Å²) in [6, 6.07) is 12.5. The van der Waals surface area contributed by atoms with Gasteiger partial charge < -0.3 is 5.11 Å². The molecule has 170 valence electrons. The number of nitrogens with zero attached hydrogens (tertiary/aromatic N) is 3. The van der Waals surface area contributed by atoms with Crippen molar-refractivity contribution in [3.63, 3.8) is 0 Å². The summed E-state index contributed by atoms with van der Waals surface area (Å²) in [5.41, 5.74) is 4.73. The smallest absolute Gasteiger partial charge is 0.351 e. The largest absolute Gasteiger partial charge is 0.453 e. The lowest BCUT2D eigenvalue weighted by Crippen LogP contribution is -2.45. The van der Waals surface area contributed by atoms with Gasteiger partial charge in [0.25, 0.3) is 0 Å². The molecule has 1 atom stereocenters. The molecule has 0 radical (unpaired) electrons. The van der Waals surface area contributed by atoms with Crippen molar-refractivity contribution in [3.8, 4) is 11.1 Å². The van der Waals surface area contributed by atoms with E-state index in [1.807, 2.05) is 29.8 Å². The molecule has 0 amide bonds. The fourth-order valence-electron chi connectivity index (χ4n) is 3.76. The first-order chi connectivity index (χ1) is 15.2. The Morgan fingerprint density at radius 3 is 1.84 bits per heavy atom. The Labute approximate surface area is 187 Å². The Balaban J connectivity index is 1.33. The van der Waals surface area contributed by atoms with E-state index in [9.17, 15) is 17.6 Å². The van der Waals surface area contributed by atoms with Crippen LogP contribution in [0.5, 0.6) is 0 Å². The average molecular weight is 466 g/mol. The van der Waals surface area contributed by atoms with Crippen LogP contribution in [0.25, 0.3) is 11.1 Å². The minimum atomic E-state index is -5.39. The van der Waals surface area contributed by atoms with Crippen molar-refractivity contribution in [1.29, 1.82) is 0 Å². The molecule has 1 fully saturated rings. The molecule has 0 bridgehead atoms. The van der Waals surface area contributed by atoms with Crippen LogP contribution >= 0.6 is 11.3 Å². The van der Waals surface area contributed by atoms with Crippen LogP contribution in [-0.4, -0.2) is 52.2 Å². The van der Waals surface area contributed by atoms with Gasteiger partial charge in [0.15, 0.2) is 0 Å². The minimum absolute atomic E-state index is 0.647. The van der Waals surface area contributed by atoms with Crippen molar-refractivity contribution >= 4 is 11.3 Å². The van der Waals surface area contributed by atoms with Gasteiger partial charge in [0.05, 0.1) is 11.2 Å². The summed E-state index contributed by atoms with van der Waals surface area (Å²) in [5, 5.41) is 11.2. The third-order valence-electron chi connectivity index (χ3n) is 5.67. The van der Waals surface area contributed by atoms with Gasteiger partial charge in [-0.2, -0.15) is 17.6 Å². The number of benzene rings is 2. The molecule has 1 aliphatic rings. The first kappa shape index (κ1) is 22.8. The van der Waals surface area contributed by atoms with Crippen molar-refractivity contribution in [1.82, 2.24) is 14.8 Å². The highest BCUT2D eigenvalue weighted by Crippen LogP contribution is 2.40. The lowest BCUT2D eigenvalue weighted by Gasteiger charge is -2.34. The quantitative estimate of drug-likeness (QED) is 0.531. The summed E-state index contributed by atoms with van der Waals surface area (Å²) in [5.74, 6) is -4.36. The summed E-state index contributed by atoms with van der Waals surface area (Å²) in [4.78, 5) is 9.13. The molecular weight excluding hydrogens is 442 g/mol. The number of hydrogen-bond acceptors (Lipinski definition) is 5. The number of thiazole rings is 1. The first-order valence-electron chi connectivity index (χ1n) is 10.2. The van der Waals surface area contributed by atoms with E-state index in [-0.39, 0.29) is 0 Å². The normalized spacial score (nSPS) is 17.9. The van der Waals surface area contributed by atoms with Crippen LogP contribution < -0.4 is 0 Å². The van der Waals surface area contributed by atoms with Gasteiger partial charge in [0.1, 0.15) is 0 Å². The van der Waals surface area contributed by atoms with E-state index in [0.717, 1.165) is 68.2 Å². The van der Waals surface area contributed by atoms with Gasteiger partial charge in [0.2, 0.25) is 0 Å². The van der Waals surface area contributed by atoms with E-state index in [2.05, 4.69) is 20.2 Å². The van der Waals surface area contributed by atoms with Crippen LogP contribution in [0.2, 0.25) is 0 Å². The maximum Gasteiger partial charge on any atom is 0.453 e. The molecule has 4 nitrogen and oxygen atoms in total. The molecule has 1 N–H and O–H groups in total. The van der Waals surface area contributed by atoms with Crippen LogP contribution in [0.4, 0.5) is 17.6 Å². The zero-order chi connectivity index (χ0) is 22.8. The molecule has 32 heavy (non-hydrogen) atoms. The molecule has 1 aliphatic heterocycles. The van der Waals surface area contributed by atoms with Crippen LogP contribution in [0.15, 0.2) is 59.4 Å². The van der Waals surface area contributed by atoms with Crippen LogP contribution in [0.1, 0.15) is 16.8 Å². The molecule has 0 spiro atoms. The van der Waals surface area contributed by atoms with Gasteiger partial charge in [-0.25, -0.2) is 4.98 Å². The first-order valence-corrected chi connectivity index (χ1v) is 11.2. The third-order valence-corrected chi connectivity index (χ3v) is 6.31. The summed E-state index contributed by atoms with van der Waals surface area (Å²) in [6.07, 6.45) is -5.39. The second-order valence-corrected chi connectivity index (χ2v) is 8.64. The molecule has 1 unspecified atom stereocenters. The van der Waals surface area contributed by atoms with Gasteiger partial charge in [-0.3, -0.25) is 9.80 Å². The number of halogens is 4. The van der Waals surface area contributed by atoms with Gasteiger partial charge in [-0.05, 0) is 16.7 Å². The molecule has 2 aromatic carbocycles. The van der Waals surface area contributed by atoms with E-state index >= 15 is 0 Å². The van der Waals surface area contributed by atoms with Gasteiger partial charge >= 0.3 is 12.0 Å². The number of hydrogen-bond donors (Lipinski definition) is 1. The van der Waals surface area contributed by atoms with Crippen molar-refractivity contribution < 1.29 is 22.7 Å². The number of rotatable bonds is 6. The van der Waals surface area contributed by atoms with Gasteiger partial charge in [0, 0.05) is 50.2 Å². The summed E-state index contributed by atoms with van der Waals surface area (Å²) < 4.78 is 51.6. The summed E-state index contributed by atoms with van der Waals surface area (Å²) in [6.45, 7) is 5.62. The maximum absolute atomic E-state index is 13.7. The molecule has 2 heterocycles. The van der Waals surface area contributed by atoms with E-state index in [4.69, 9.17) is 5.11 Å². The van der Waals surface area contributed by atoms with Crippen molar-refractivity contribution in [2.75, 3.05) is 26.2 Å². The Kier molecular flexibility index (Phi) is 6.62. The molecule has 9 heteroatoms. The Bertz CT molecular complexity index is 997. The van der Waals surface area contributed by atoms with Crippen LogP contribution in [0.3, 0.4) is 0 Å². The Morgan fingerprint density at radius 2 is 1.34 bits per heavy atom. The highest BCUT2D eigenvalue weighted by atomic mass is 32.1. The monoisotopic (exact) mass is 465 g/mol. The molecular formula is C23H23F4N3OS. The number of aromatic nitrogens is 1. The summed E-state index contributed by atoms with van der Waals surface area (Å²) >= 11 is 1.61. The van der Waals surface area contributed by atoms with Crippen LogP contribution in [0, 0.1) is 0 Å². The number of alkyl halides is 4. The van der Waals surface area contributed by atoms with E-state index < -0.39 is 17.6 Å². The standard InChI is InChI=1S/C23H23F4N3OS/c24-22(31,23(25,26)27)20-7-5-19(6-8-20)18-3-1-17(2-4-18)13-29-9-11-30(12-10-29)14-21-15-32-16-28-21/h1-8,15-16,31H,9-14H2. The minimum Gasteiger partial charge on any atom is -0.351 e. The second-order valence-electron chi connectivity index (χ2n) is 7.93. The van der Waals surface area contributed by atoms with Crippen molar-refractivity contribution in [3.05, 3.63) is 76.2 Å². The predicted molar refractivity (Wildman–Crippen MR) is 116 cm³/mol. The highest BCUT2D eigenvalue weighted by molar-refractivity contribution is 7.07. The van der Waals surface area contributed by atoms with Gasteiger partial charge in [-0.1, -0.05) is 48.5 Å². The van der Waals surface area contributed by atoms with Gasteiger partial charge in [-0.15, -0.1) is 11.3 Å². The fraction of sp³-hybridized carbons (Fsp3) is 0.348. The molecule has 4 rings (SSSR count). The lowest BCUT2D eigenvalue weighted by atomic mass is 9.99. The molecule has 0 saturated carbocycles. The average Bonchev–Trinajstić information content (AvgIpc) is 3.28. The van der Waals surface area contributed by atoms with E-state index in [0.29, 0.717) is 5.56 Å². The number of piperazine rings is 1. The maximum atomic E-state index is 13.7. The Hall–Kier alpha value is -2.33. The van der Waals surface area contributed by atoms with Crippen molar-refractivity contribution in [2.24, 2.45) is 0 Å². The topological polar surface area (TPSA) is 39.6 Å². The van der Waals surface area contributed by atoms with E-state index in [1.165, 1.54) is 12.1 Å². The Morgan fingerprint density at radius 1 is 0.812 bits per heavy atom. The fourth-order valence-corrected chi connectivity index (χ4v) is 4.31. The second kappa shape index (κ2) is 9.27. The van der Waals surface area contributed by atoms with E-state index in [1.54, 1.807) is 11.3 Å². The molecule has 1 saturated heterocycles. The SMILES string of the molecule is OC(F)(c1ccc(-c2ccc(CN3CCN(Cc4cscn4)CC3)cc2)cc1)C(F)(F)F. The zero-order valence-corrected chi connectivity index (χ0v) is 18.0. The molecule has 3 aromatic rings.